The number of carboxylic acid groups (broad SMARTS) is 1. The highest BCUT2D eigenvalue weighted by atomic mass is 16.4. The van der Waals surface area contributed by atoms with E-state index in [-0.39, 0.29) is 5.91 Å². The lowest BCUT2D eigenvalue weighted by atomic mass is 9.98. The van der Waals surface area contributed by atoms with Gasteiger partial charge in [-0.3, -0.25) is 9.59 Å². The zero-order valence-corrected chi connectivity index (χ0v) is 9.43. The third-order valence-corrected chi connectivity index (χ3v) is 2.62. The molecule has 0 aromatic heterocycles. The first-order chi connectivity index (χ1) is 7.65. The molecule has 1 aliphatic heterocycles. The molecule has 1 aliphatic rings. The highest BCUT2D eigenvalue weighted by Crippen LogP contribution is 2.16. The highest BCUT2D eigenvalue weighted by Gasteiger charge is 2.26. The Balaban J connectivity index is 2.53. The Morgan fingerprint density at radius 1 is 1.38 bits per heavy atom. The molecule has 1 atom stereocenters. The summed E-state index contributed by atoms with van der Waals surface area (Å²) in [5.74, 6) is -1.33. The predicted octanol–water partition coefficient (Wildman–Crippen LogP) is 1.44. The Kier molecular flexibility index (Phi) is 4.76. The summed E-state index contributed by atoms with van der Waals surface area (Å²) in [5, 5.41) is 8.88. The van der Waals surface area contributed by atoms with Crippen molar-refractivity contribution in [3.63, 3.8) is 0 Å². The van der Waals surface area contributed by atoms with Crippen molar-refractivity contribution in [2.75, 3.05) is 13.1 Å². The Bertz CT molecular complexity index is 320. The normalized spacial score (nSPS) is 21.8. The molecule has 16 heavy (non-hydrogen) atoms. The van der Waals surface area contributed by atoms with Gasteiger partial charge in [0, 0.05) is 19.2 Å². The summed E-state index contributed by atoms with van der Waals surface area (Å²) >= 11 is 0. The topological polar surface area (TPSA) is 57.6 Å². The molecule has 0 saturated carbocycles. The highest BCUT2D eigenvalue weighted by molar-refractivity contribution is 5.88. The van der Waals surface area contributed by atoms with Crippen LogP contribution < -0.4 is 0 Å². The number of amides is 1. The van der Waals surface area contributed by atoms with Crippen molar-refractivity contribution in [1.29, 1.82) is 0 Å². The lowest BCUT2D eigenvalue weighted by Gasteiger charge is -2.29. The SMILES string of the molecule is CC=CC=CC(=O)N1CCC[C@@H](C(=O)O)C1. The molecular formula is C12H17NO3. The van der Waals surface area contributed by atoms with Gasteiger partial charge in [0.25, 0.3) is 0 Å². The van der Waals surface area contributed by atoms with Gasteiger partial charge in [0.15, 0.2) is 0 Å². The summed E-state index contributed by atoms with van der Waals surface area (Å²) in [6.07, 6.45) is 8.19. The Labute approximate surface area is 95.2 Å². The molecule has 0 aliphatic carbocycles. The number of rotatable bonds is 3. The van der Waals surface area contributed by atoms with Gasteiger partial charge < -0.3 is 10.0 Å². The van der Waals surface area contributed by atoms with Crippen molar-refractivity contribution in [3.8, 4) is 0 Å². The molecule has 1 saturated heterocycles. The third-order valence-electron chi connectivity index (χ3n) is 2.62. The summed E-state index contributed by atoms with van der Waals surface area (Å²) in [7, 11) is 0. The monoisotopic (exact) mass is 223 g/mol. The van der Waals surface area contributed by atoms with Crippen LogP contribution in [0.3, 0.4) is 0 Å². The van der Waals surface area contributed by atoms with Crippen molar-refractivity contribution < 1.29 is 14.7 Å². The number of hydrogen-bond acceptors (Lipinski definition) is 2. The Hall–Kier alpha value is -1.58. The number of carbonyl (C=O) groups is 2. The van der Waals surface area contributed by atoms with Gasteiger partial charge in [-0.15, -0.1) is 0 Å². The second-order valence-corrected chi connectivity index (χ2v) is 3.85. The van der Waals surface area contributed by atoms with Crippen molar-refractivity contribution >= 4 is 11.9 Å². The first-order valence-corrected chi connectivity index (χ1v) is 5.46. The molecule has 0 aromatic rings. The third kappa shape index (κ3) is 3.53. The van der Waals surface area contributed by atoms with E-state index in [2.05, 4.69) is 0 Å². The van der Waals surface area contributed by atoms with Crippen LogP contribution in [-0.2, 0) is 9.59 Å². The lowest BCUT2D eigenvalue weighted by Crippen LogP contribution is -2.41. The minimum absolute atomic E-state index is 0.107. The maximum absolute atomic E-state index is 11.7. The minimum Gasteiger partial charge on any atom is -0.481 e. The van der Waals surface area contributed by atoms with Crippen LogP contribution in [-0.4, -0.2) is 35.0 Å². The molecule has 1 amide bonds. The average Bonchev–Trinajstić information content (AvgIpc) is 2.29. The molecule has 4 heteroatoms. The number of aliphatic carboxylic acids is 1. The van der Waals surface area contributed by atoms with Crippen molar-refractivity contribution in [1.82, 2.24) is 4.90 Å². The van der Waals surface area contributed by atoms with Gasteiger partial charge in [0.2, 0.25) is 5.91 Å². The van der Waals surface area contributed by atoms with Crippen molar-refractivity contribution in [2.45, 2.75) is 19.8 Å². The van der Waals surface area contributed by atoms with E-state index in [1.165, 1.54) is 6.08 Å². The number of carboxylic acids is 1. The van der Waals surface area contributed by atoms with E-state index >= 15 is 0 Å². The van der Waals surface area contributed by atoms with E-state index in [9.17, 15) is 9.59 Å². The predicted molar refractivity (Wildman–Crippen MR) is 60.9 cm³/mol. The van der Waals surface area contributed by atoms with Crippen molar-refractivity contribution in [2.24, 2.45) is 5.92 Å². The van der Waals surface area contributed by atoms with E-state index in [1.54, 1.807) is 17.1 Å². The molecule has 1 rings (SSSR count). The fourth-order valence-corrected chi connectivity index (χ4v) is 1.73. The molecule has 1 fully saturated rings. The van der Waals surface area contributed by atoms with Crippen LogP contribution in [0, 0.1) is 5.92 Å². The van der Waals surface area contributed by atoms with Crippen LogP contribution in [0.4, 0.5) is 0 Å². The fraction of sp³-hybridized carbons (Fsp3) is 0.500. The maximum atomic E-state index is 11.7. The average molecular weight is 223 g/mol. The first-order valence-electron chi connectivity index (χ1n) is 5.46. The number of carbonyl (C=O) groups excluding carboxylic acids is 1. The number of likely N-dealkylation sites (tertiary alicyclic amines) is 1. The van der Waals surface area contributed by atoms with E-state index in [1.807, 2.05) is 13.0 Å². The van der Waals surface area contributed by atoms with Gasteiger partial charge in [0.05, 0.1) is 5.92 Å². The number of hydrogen-bond donors (Lipinski definition) is 1. The summed E-state index contributed by atoms with van der Waals surface area (Å²) in [4.78, 5) is 24.1. The molecule has 4 nitrogen and oxygen atoms in total. The molecule has 0 aromatic carbocycles. The number of allylic oxidation sites excluding steroid dienone is 3. The van der Waals surface area contributed by atoms with Crippen molar-refractivity contribution in [3.05, 3.63) is 24.3 Å². The van der Waals surface area contributed by atoms with E-state index in [0.29, 0.717) is 19.5 Å². The van der Waals surface area contributed by atoms with Gasteiger partial charge in [0.1, 0.15) is 0 Å². The largest absolute Gasteiger partial charge is 0.481 e. The molecular weight excluding hydrogens is 206 g/mol. The molecule has 1 heterocycles. The Morgan fingerprint density at radius 2 is 2.12 bits per heavy atom. The lowest BCUT2D eigenvalue weighted by molar-refractivity contribution is -0.144. The van der Waals surface area contributed by atoms with Crippen LogP contribution in [0.15, 0.2) is 24.3 Å². The van der Waals surface area contributed by atoms with Gasteiger partial charge in [-0.25, -0.2) is 0 Å². The van der Waals surface area contributed by atoms with Crippen LogP contribution in [0.25, 0.3) is 0 Å². The maximum Gasteiger partial charge on any atom is 0.308 e. The molecule has 0 bridgehead atoms. The van der Waals surface area contributed by atoms with Gasteiger partial charge >= 0.3 is 5.97 Å². The zero-order chi connectivity index (χ0) is 12.0. The van der Waals surface area contributed by atoms with E-state index in [0.717, 1.165) is 6.42 Å². The number of nitrogens with zero attached hydrogens (tertiary/aromatic N) is 1. The molecule has 88 valence electrons. The molecule has 0 spiro atoms. The summed E-state index contributed by atoms with van der Waals surface area (Å²) in [5.41, 5.74) is 0. The smallest absolute Gasteiger partial charge is 0.308 e. The van der Waals surface area contributed by atoms with Crippen LogP contribution in [0.2, 0.25) is 0 Å². The van der Waals surface area contributed by atoms with Crippen LogP contribution in [0.1, 0.15) is 19.8 Å². The molecule has 0 radical (unpaired) electrons. The quantitative estimate of drug-likeness (QED) is 0.582. The molecule has 1 N–H and O–H groups in total. The van der Waals surface area contributed by atoms with E-state index < -0.39 is 11.9 Å². The number of piperidine rings is 1. The van der Waals surface area contributed by atoms with Crippen LogP contribution in [0.5, 0.6) is 0 Å². The standard InChI is InChI=1S/C12H17NO3/c1-2-3-4-7-11(14)13-8-5-6-10(9-13)12(15)16/h2-4,7,10H,5-6,8-9H2,1H3,(H,15,16)/t10-/m1/s1. The van der Waals surface area contributed by atoms with E-state index in [4.69, 9.17) is 5.11 Å². The second kappa shape index (κ2) is 6.10. The summed E-state index contributed by atoms with van der Waals surface area (Å²) in [6.45, 7) is 2.85. The minimum atomic E-state index is -0.810. The van der Waals surface area contributed by atoms with Gasteiger partial charge in [-0.05, 0) is 19.8 Å². The first kappa shape index (κ1) is 12.5. The summed E-state index contributed by atoms with van der Waals surface area (Å²) < 4.78 is 0. The summed E-state index contributed by atoms with van der Waals surface area (Å²) in [6, 6.07) is 0. The second-order valence-electron chi connectivity index (χ2n) is 3.85. The zero-order valence-electron chi connectivity index (χ0n) is 9.43. The molecule has 0 unspecified atom stereocenters. The fourth-order valence-electron chi connectivity index (χ4n) is 1.73. The van der Waals surface area contributed by atoms with Gasteiger partial charge in [-0.2, -0.15) is 0 Å². The Morgan fingerprint density at radius 3 is 2.75 bits per heavy atom. The van der Waals surface area contributed by atoms with Gasteiger partial charge in [-0.1, -0.05) is 18.2 Å². The van der Waals surface area contributed by atoms with Crippen LogP contribution >= 0.6 is 0 Å².